The Kier molecular flexibility index (Phi) is 6.91. The van der Waals surface area contributed by atoms with Crippen LogP contribution in [0.5, 0.6) is 0 Å². The van der Waals surface area contributed by atoms with E-state index in [2.05, 4.69) is 46.4 Å². The van der Waals surface area contributed by atoms with Gasteiger partial charge in [-0.15, -0.1) is 0 Å². The number of rotatable bonds is 5. The number of hydrogen-bond donors (Lipinski definition) is 6. The molecule has 0 unspecified atom stereocenters. The summed E-state index contributed by atoms with van der Waals surface area (Å²) < 4.78 is 5.17. The third-order valence-corrected chi connectivity index (χ3v) is 9.24. The van der Waals surface area contributed by atoms with Crippen LogP contribution in [0.2, 0.25) is 0 Å². The van der Waals surface area contributed by atoms with E-state index in [1.165, 1.54) is 24.3 Å². The van der Waals surface area contributed by atoms with Gasteiger partial charge >= 0.3 is 11.9 Å². The summed E-state index contributed by atoms with van der Waals surface area (Å²) in [6.45, 7) is 14.2. The molecule has 4 aromatic rings. The molecule has 1 aliphatic carbocycles. The molecule has 4 aromatic heterocycles. The van der Waals surface area contributed by atoms with Gasteiger partial charge in [-0.3, -0.25) is 4.79 Å². The lowest BCUT2D eigenvalue weighted by Gasteiger charge is -2.15. The molecular formula is C35H36N4O5. The maximum atomic E-state index is 13.2. The monoisotopic (exact) mass is 592 g/mol. The fourth-order valence-corrected chi connectivity index (χ4v) is 6.87. The van der Waals surface area contributed by atoms with E-state index >= 15 is 0 Å². The zero-order valence-corrected chi connectivity index (χ0v) is 25.7. The zero-order chi connectivity index (χ0) is 31.6. The number of aliphatic hydroxyl groups is 1. The lowest BCUT2D eigenvalue weighted by Crippen LogP contribution is -2.24. The quantitative estimate of drug-likeness (QED) is 0.156. The molecule has 226 valence electrons. The van der Waals surface area contributed by atoms with E-state index in [0.29, 0.717) is 33.8 Å². The van der Waals surface area contributed by atoms with Crippen LogP contribution in [0.15, 0.2) is 12.7 Å². The fourth-order valence-electron chi connectivity index (χ4n) is 6.87. The van der Waals surface area contributed by atoms with Crippen molar-refractivity contribution < 1.29 is 24.5 Å². The number of aromatic amines is 4. The van der Waals surface area contributed by atoms with E-state index < -0.39 is 17.9 Å². The number of carbonyl (C=O) groups excluding carboxylic acids is 1. The highest BCUT2D eigenvalue weighted by molar-refractivity contribution is 6.00. The molecule has 6 rings (SSSR count). The van der Waals surface area contributed by atoms with Crippen LogP contribution < -0.4 is 21.3 Å². The van der Waals surface area contributed by atoms with E-state index in [4.69, 9.17) is 4.74 Å². The first-order chi connectivity index (χ1) is 21.0. The summed E-state index contributed by atoms with van der Waals surface area (Å²) in [5.41, 5.74) is 11.3. The summed E-state index contributed by atoms with van der Waals surface area (Å²) in [7, 11) is 1.29. The molecule has 0 aromatic carbocycles. The molecule has 1 aliphatic heterocycles. The highest BCUT2D eigenvalue weighted by atomic mass is 16.5. The number of methoxy groups -OCH3 is 1. The maximum absolute atomic E-state index is 13.2. The number of aliphatic hydroxyl groups excluding tert-OH is 1. The highest BCUT2D eigenvalue weighted by Gasteiger charge is 2.38. The predicted molar refractivity (Wildman–Crippen MR) is 171 cm³/mol. The van der Waals surface area contributed by atoms with Crippen LogP contribution in [-0.2, 0) is 27.2 Å². The van der Waals surface area contributed by atoms with Gasteiger partial charge in [0.2, 0.25) is 0 Å². The standard InChI is InChI=1S/C35H36N4O5/c1-8-19-15(3)22-12-24-17(5)21(10-11-28(40)41)32(38-24)30-31(35(43)44-7)34(42)29-18(6)25(39-33(29)30)14-27-20(9-2)16(4)23(37-27)13-26(19)36-22/h8,10-13,31,36-39,42H,1,9,14H2,2-7H3,(H,40,41)/b11-10+,22-12-,26-13-/t31-/m1/s1. The van der Waals surface area contributed by atoms with E-state index in [1.807, 2.05) is 32.9 Å². The summed E-state index contributed by atoms with van der Waals surface area (Å²) in [6, 6.07) is 0. The van der Waals surface area contributed by atoms with E-state index in [9.17, 15) is 19.8 Å². The molecule has 0 saturated heterocycles. The van der Waals surface area contributed by atoms with Crippen LogP contribution in [-0.4, -0.2) is 49.2 Å². The molecule has 9 nitrogen and oxygen atoms in total. The number of H-pyrrole nitrogens is 4. The Morgan fingerprint density at radius 2 is 1.66 bits per heavy atom. The van der Waals surface area contributed by atoms with Crippen LogP contribution >= 0.6 is 0 Å². The van der Waals surface area contributed by atoms with Gasteiger partial charge in [0.15, 0.2) is 0 Å². The van der Waals surface area contributed by atoms with Crippen LogP contribution in [0.3, 0.4) is 0 Å². The smallest absolute Gasteiger partial charge is 0.328 e. The molecule has 5 heterocycles. The van der Waals surface area contributed by atoms with Crippen molar-refractivity contribution in [3.63, 3.8) is 0 Å². The van der Waals surface area contributed by atoms with Crippen LogP contribution in [0, 0.1) is 33.6 Å². The second-order valence-corrected chi connectivity index (χ2v) is 11.5. The third kappa shape index (κ3) is 4.22. The third-order valence-electron chi connectivity index (χ3n) is 9.24. The summed E-state index contributed by atoms with van der Waals surface area (Å²) in [4.78, 5) is 39.1. The second-order valence-electron chi connectivity index (χ2n) is 11.5. The topological polar surface area (TPSA) is 147 Å². The molecule has 0 radical (unpaired) electrons. The maximum Gasteiger partial charge on any atom is 0.328 e. The predicted octanol–water partition coefficient (Wildman–Crippen LogP) is 2.77. The van der Waals surface area contributed by atoms with Gasteiger partial charge in [-0.2, -0.15) is 0 Å². The zero-order valence-electron chi connectivity index (χ0n) is 25.7. The molecular weight excluding hydrogens is 556 g/mol. The Hall–Kier alpha value is -5.18. The normalized spacial score (nSPS) is 17.0. The van der Waals surface area contributed by atoms with Crippen LogP contribution in [0.4, 0.5) is 0 Å². The van der Waals surface area contributed by atoms with Crippen molar-refractivity contribution in [3.05, 3.63) is 101 Å². The molecule has 0 fully saturated rings. The van der Waals surface area contributed by atoms with Gasteiger partial charge in [0.25, 0.3) is 0 Å². The molecule has 0 spiro atoms. The van der Waals surface area contributed by atoms with E-state index in [0.717, 1.165) is 68.2 Å². The lowest BCUT2D eigenvalue weighted by atomic mass is 9.94. The van der Waals surface area contributed by atoms with Crippen molar-refractivity contribution in [3.8, 4) is 0 Å². The number of aliphatic carboxylic acids is 1. The van der Waals surface area contributed by atoms with Gasteiger partial charge in [0.1, 0.15) is 11.7 Å². The number of esters is 1. The molecule has 6 N–H and O–H groups in total. The van der Waals surface area contributed by atoms with Gasteiger partial charge in [0, 0.05) is 67.9 Å². The van der Waals surface area contributed by atoms with Gasteiger partial charge in [-0.05, 0) is 80.2 Å². The average Bonchev–Trinajstić information content (AvgIpc) is 3.72. The molecule has 8 bridgehead atoms. The molecule has 9 heteroatoms. The number of carbonyl (C=O) groups is 2. The van der Waals surface area contributed by atoms with E-state index in [1.54, 1.807) is 0 Å². The van der Waals surface area contributed by atoms with Crippen molar-refractivity contribution in [1.82, 2.24) is 19.9 Å². The Balaban J connectivity index is 1.80. The summed E-state index contributed by atoms with van der Waals surface area (Å²) in [5, 5.41) is 24.1. The van der Waals surface area contributed by atoms with Crippen molar-refractivity contribution >= 4 is 47.6 Å². The van der Waals surface area contributed by atoms with Gasteiger partial charge in [0.05, 0.1) is 18.2 Å². The number of hydrogen-bond acceptors (Lipinski definition) is 4. The number of fused-ring (bicyclic) bond motifs is 8. The Bertz CT molecular complexity index is 2200. The first-order valence-electron chi connectivity index (χ1n) is 14.6. The molecule has 44 heavy (non-hydrogen) atoms. The largest absolute Gasteiger partial charge is 0.510 e. The van der Waals surface area contributed by atoms with Gasteiger partial charge in [-0.25, -0.2) is 4.79 Å². The average molecular weight is 593 g/mol. The highest BCUT2D eigenvalue weighted by Crippen LogP contribution is 2.35. The summed E-state index contributed by atoms with van der Waals surface area (Å²) in [5.74, 6) is -2.90. The molecule has 1 atom stereocenters. The first kappa shape index (κ1) is 28.9. The number of ether oxygens (including phenoxy) is 1. The molecule has 0 saturated carbocycles. The fraction of sp³-hybridized carbons (Fsp3) is 0.257. The number of carboxylic acids is 1. The molecule has 0 amide bonds. The number of nitrogens with one attached hydrogen (secondary N) is 4. The van der Waals surface area contributed by atoms with Gasteiger partial charge in [-0.1, -0.05) is 19.6 Å². The van der Waals surface area contributed by atoms with Crippen molar-refractivity contribution in [2.24, 2.45) is 5.92 Å². The number of aromatic nitrogens is 4. The minimum atomic E-state index is -1.10. The van der Waals surface area contributed by atoms with Gasteiger partial charge < -0.3 is 34.9 Å². The summed E-state index contributed by atoms with van der Waals surface area (Å²) >= 11 is 0. The van der Waals surface area contributed by atoms with Crippen LogP contribution in [0.1, 0.15) is 74.3 Å². The SMILES string of the molecule is C=Cc1c(C)/c2[nH]/c1=C\c1[nH]c(c(CC)c1C)Cc1[nH]c3c(c1C)=C(O)[C@H](C(=O)OC)C=3c1[nH]c(c(C)c1/C=C/C(=O)O)\C=2. The Morgan fingerprint density at radius 1 is 0.955 bits per heavy atom. The van der Waals surface area contributed by atoms with Crippen molar-refractivity contribution in [2.75, 3.05) is 7.11 Å². The lowest BCUT2D eigenvalue weighted by molar-refractivity contribution is -0.142. The van der Waals surface area contributed by atoms with E-state index in [-0.39, 0.29) is 5.76 Å². The minimum Gasteiger partial charge on any atom is -0.510 e. The second kappa shape index (κ2) is 10.5. The van der Waals surface area contributed by atoms with Crippen molar-refractivity contribution in [2.45, 2.75) is 47.5 Å². The van der Waals surface area contributed by atoms with Crippen LogP contribution in [0.25, 0.3) is 35.6 Å². The summed E-state index contributed by atoms with van der Waals surface area (Å²) in [6.07, 6.45) is 9.93. The Labute approximate surface area is 253 Å². The minimum absolute atomic E-state index is 0.0956. The molecule has 2 aliphatic rings. The first-order valence-corrected chi connectivity index (χ1v) is 14.6. The Morgan fingerprint density at radius 3 is 2.32 bits per heavy atom. The van der Waals surface area contributed by atoms with Crippen molar-refractivity contribution in [1.29, 1.82) is 0 Å². The number of carboxylic acid groups (broad SMARTS) is 1.